The van der Waals surface area contributed by atoms with Gasteiger partial charge < -0.3 is 19.2 Å². The molecular weight excluding hydrogens is 388 g/mol. The zero-order valence-corrected chi connectivity index (χ0v) is 15.6. The summed E-state index contributed by atoms with van der Waals surface area (Å²) in [6, 6.07) is 15.1. The summed E-state index contributed by atoms with van der Waals surface area (Å²) in [6.45, 7) is 0.274. The zero-order chi connectivity index (χ0) is 20.5. The number of fused-ring (bicyclic) bond motifs is 2. The first-order chi connectivity index (χ1) is 14.7. The number of furan rings is 1. The summed E-state index contributed by atoms with van der Waals surface area (Å²) in [5.41, 5.74) is 0.509. The first-order valence-electron chi connectivity index (χ1n) is 9.17. The maximum Gasteiger partial charge on any atom is 0.350 e. The molecule has 1 aliphatic heterocycles. The second-order valence-electron chi connectivity index (χ2n) is 6.57. The fraction of sp³-hybridized carbons (Fsp3) is 0.0952. The third-order valence-electron chi connectivity index (χ3n) is 4.63. The lowest BCUT2D eigenvalue weighted by Crippen LogP contribution is -2.30. The highest BCUT2D eigenvalue weighted by molar-refractivity contribution is 6.04. The number of hydrogen-bond acceptors (Lipinski definition) is 6. The van der Waals surface area contributed by atoms with E-state index in [2.05, 4.69) is 15.6 Å². The summed E-state index contributed by atoms with van der Waals surface area (Å²) in [5, 5.41) is 6.16. The average molecular weight is 404 g/mol. The van der Waals surface area contributed by atoms with Crippen LogP contribution in [0, 0.1) is 0 Å². The van der Waals surface area contributed by atoms with Crippen molar-refractivity contribution in [2.24, 2.45) is 0 Å². The molecule has 0 atom stereocenters. The normalized spacial score (nSPS) is 12.1. The van der Waals surface area contributed by atoms with Gasteiger partial charge in [-0.15, -0.1) is 0 Å². The lowest BCUT2D eigenvalue weighted by atomic mass is 10.2. The van der Waals surface area contributed by atoms with Crippen LogP contribution in [-0.4, -0.2) is 22.4 Å². The predicted molar refractivity (Wildman–Crippen MR) is 109 cm³/mol. The van der Waals surface area contributed by atoms with Gasteiger partial charge in [0.2, 0.25) is 6.79 Å². The molecule has 3 heterocycles. The molecule has 0 unspecified atom stereocenters. The predicted octanol–water partition coefficient (Wildman–Crippen LogP) is 3.41. The molecule has 0 spiro atoms. The van der Waals surface area contributed by atoms with E-state index in [4.69, 9.17) is 13.9 Å². The minimum absolute atomic E-state index is 0.128. The van der Waals surface area contributed by atoms with Gasteiger partial charge >= 0.3 is 11.7 Å². The van der Waals surface area contributed by atoms with Crippen molar-refractivity contribution < 1.29 is 18.7 Å². The number of benzene rings is 2. The van der Waals surface area contributed by atoms with Crippen LogP contribution >= 0.6 is 0 Å². The molecule has 5 rings (SSSR count). The molecule has 30 heavy (non-hydrogen) atoms. The number of nitrogens with zero attached hydrogens (tertiary/aromatic N) is 2. The van der Waals surface area contributed by atoms with E-state index in [0.29, 0.717) is 39.7 Å². The SMILES string of the molecule is O=C(Nc1ccc2c(c1)OCO2)Nc1c2ccccc2nc(=O)n1Cc1ccco1. The minimum Gasteiger partial charge on any atom is -0.467 e. The zero-order valence-electron chi connectivity index (χ0n) is 15.6. The lowest BCUT2D eigenvalue weighted by Gasteiger charge is -2.15. The number of para-hydroxylation sites is 1. The van der Waals surface area contributed by atoms with Crippen molar-refractivity contribution in [3.63, 3.8) is 0 Å². The van der Waals surface area contributed by atoms with E-state index >= 15 is 0 Å². The van der Waals surface area contributed by atoms with Crippen molar-refractivity contribution in [3.8, 4) is 11.5 Å². The Morgan fingerprint density at radius 1 is 1.03 bits per heavy atom. The molecule has 1 aliphatic rings. The van der Waals surface area contributed by atoms with E-state index in [1.54, 1.807) is 48.5 Å². The van der Waals surface area contributed by atoms with Crippen LogP contribution in [0.5, 0.6) is 11.5 Å². The van der Waals surface area contributed by atoms with Crippen LogP contribution < -0.4 is 25.8 Å². The third kappa shape index (κ3) is 3.32. The number of amides is 2. The maximum absolute atomic E-state index is 12.7. The van der Waals surface area contributed by atoms with Crippen LogP contribution in [0.4, 0.5) is 16.3 Å². The smallest absolute Gasteiger partial charge is 0.350 e. The van der Waals surface area contributed by atoms with Gasteiger partial charge in [0.25, 0.3) is 0 Å². The van der Waals surface area contributed by atoms with Crippen LogP contribution in [0.1, 0.15) is 5.76 Å². The minimum atomic E-state index is -0.516. The third-order valence-corrected chi connectivity index (χ3v) is 4.63. The molecule has 9 heteroatoms. The summed E-state index contributed by atoms with van der Waals surface area (Å²) in [6.07, 6.45) is 1.52. The Kier molecular flexibility index (Phi) is 4.32. The van der Waals surface area contributed by atoms with Gasteiger partial charge in [-0.25, -0.2) is 9.59 Å². The molecule has 2 amide bonds. The van der Waals surface area contributed by atoms with E-state index in [1.165, 1.54) is 10.8 Å². The Labute approximate surface area is 169 Å². The van der Waals surface area contributed by atoms with E-state index in [0.717, 1.165) is 0 Å². The van der Waals surface area contributed by atoms with Crippen LogP contribution in [0.2, 0.25) is 0 Å². The summed E-state index contributed by atoms with van der Waals surface area (Å²) in [5.74, 6) is 2.05. The first-order valence-corrected chi connectivity index (χ1v) is 9.17. The number of nitrogens with one attached hydrogen (secondary N) is 2. The van der Waals surface area contributed by atoms with Gasteiger partial charge in [-0.2, -0.15) is 4.98 Å². The van der Waals surface area contributed by atoms with Crippen molar-refractivity contribution in [1.82, 2.24) is 9.55 Å². The van der Waals surface area contributed by atoms with Crippen LogP contribution in [0.3, 0.4) is 0 Å². The Morgan fingerprint density at radius 3 is 2.77 bits per heavy atom. The van der Waals surface area contributed by atoms with E-state index in [-0.39, 0.29) is 13.3 Å². The molecule has 150 valence electrons. The molecule has 4 aromatic rings. The molecule has 9 nitrogen and oxygen atoms in total. The molecule has 0 bridgehead atoms. The van der Waals surface area contributed by atoms with E-state index in [9.17, 15) is 9.59 Å². The van der Waals surface area contributed by atoms with Crippen LogP contribution in [0.25, 0.3) is 10.9 Å². The van der Waals surface area contributed by atoms with Gasteiger partial charge in [0.15, 0.2) is 11.5 Å². The summed E-state index contributed by atoms with van der Waals surface area (Å²) < 4.78 is 17.3. The van der Waals surface area contributed by atoms with Gasteiger partial charge in [-0.3, -0.25) is 9.88 Å². The number of aromatic nitrogens is 2. The number of urea groups is 1. The topological polar surface area (TPSA) is 108 Å². The Balaban J connectivity index is 1.49. The molecule has 2 N–H and O–H groups in total. The quantitative estimate of drug-likeness (QED) is 0.540. The highest BCUT2D eigenvalue weighted by Crippen LogP contribution is 2.34. The second kappa shape index (κ2) is 7.28. The van der Waals surface area contributed by atoms with Crippen molar-refractivity contribution >= 4 is 28.4 Å². The summed E-state index contributed by atoms with van der Waals surface area (Å²) in [4.78, 5) is 29.5. The molecule has 0 aliphatic carbocycles. The number of hydrogen-bond donors (Lipinski definition) is 2. The maximum atomic E-state index is 12.7. The number of carbonyl (C=O) groups excluding carboxylic acids is 1. The summed E-state index contributed by atoms with van der Waals surface area (Å²) >= 11 is 0. The number of ether oxygens (including phenoxy) is 2. The summed E-state index contributed by atoms with van der Waals surface area (Å²) in [7, 11) is 0. The van der Waals surface area contributed by atoms with Crippen LogP contribution in [-0.2, 0) is 6.54 Å². The standard InChI is InChI=1S/C21H16N4O5/c26-20(22-13-7-8-17-18(10-13)30-12-29-17)24-19-15-5-1-2-6-16(15)23-21(27)25(19)11-14-4-3-9-28-14/h1-10H,11-12H2,(H2,22,24,26). The number of rotatable bonds is 4. The van der Waals surface area contributed by atoms with Gasteiger partial charge in [0.1, 0.15) is 11.6 Å². The van der Waals surface area contributed by atoms with E-state index < -0.39 is 11.7 Å². The first kappa shape index (κ1) is 17.8. The fourth-order valence-corrected chi connectivity index (χ4v) is 3.26. The lowest BCUT2D eigenvalue weighted by molar-refractivity contribution is 0.174. The molecule has 0 radical (unpaired) electrons. The monoisotopic (exact) mass is 404 g/mol. The average Bonchev–Trinajstić information content (AvgIpc) is 3.42. The van der Waals surface area contributed by atoms with Crippen molar-refractivity contribution in [1.29, 1.82) is 0 Å². The highest BCUT2D eigenvalue weighted by Gasteiger charge is 2.17. The van der Waals surface area contributed by atoms with Gasteiger partial charge in [0.05, 0.1) is 18.3 Å². The largest absolute Gasteiger partial charge is 0.467 e. The molecular formula is C21H16N4O5. The molecule has 0 fully saturated rings. The second-order valence-corrected chi connectivity index (χ2v) is 6.57. The Bertz CT molecular complexity index is 1300. The Hall–Kier alpha value is -4.27. The highest BCUT2D eigenvalue weighted by atomic mass is 16.7. The van der Waals surface area contributed by atoms with Crippen molar-refractivity contribution in [2.45, 2.75) is 6.54 Å². The number of anilines is 2. The molecule has 0 saturated heterocycles. The molecule has 0 saturated carbocycles. The van der Waals surface area contributed by atoms with Gasteiger partial charge in [-0.05, 0) is 36.4 Å². The van der Waals surface area contributed by atoms with Crippen molar-refractivity contribution in [2.75, 3.05) is 17.4 Å². The molecule has 2 aromatic carbocycles. The molecule has 2 aromatic heterocycles. The number of carbonyl (C=O) groups is 1. The van der Waals surface area contributed by atoms with E-state index in [1.807, 2.05) is 6.07 Å². The fourth-order valence-electron chi connectivity index (χ4n) is 3.26. The van der Waals surface area contributed by atoms with Crippen LogP contribution in [0.15, 0.2) is 70.1 Å². The van der Waals surface area contributed by atoms with Gasteiger partial charge in [-0.1, -0.05) is 12.1 Å². The Morgan fingerprint density at radius 2 is 1.90 bits per heavy atom. The van der Waals surface area contributed by atoms with Gasteiger partial charge in [0, 0.05) is 17.1 Å². The van der Waals surface area contributed by atoms with Crippen molar-refractivity contribution in [3.05, 3.63) is 77.1 Å².